The number of methoxy groups -OCH3 is 1. The highest BCUT2D eigenvalue weighted by Crippen LogP contribution is 2.40. The number of ether oxygens (including phenoxy) is 2. The third-order valence-electron chi connectivity index (χ3n) is 5.81. The Morgan fingerprint density at radius 2 is 1.73 bits per heavy atom. The number of nitrogens with zero attached hydrogens (tertiary/aromatic N) is 1. The van der Waals surface area contributed by atoms with E-state index in [9.17, 15) is 14.7 Å². The molecule has 1 heterocycles. The molecule has 1 N–H and O–H groups in total. The van der Waals surface area contributed by atoms with Gasteiger partial charge in [0.2, 0.25) is 0 Å². The van der Waals surface area contributed by atoms with Crippen molar-refractivity contribution in [3.05, 3.63) is 70.3 Å². The predicted molar refractivity (Wildman–Crippen MR) is 128 cm³/mol. The zero-order valence-corrected chi connectivity index (χ0v) is 20.2. The number of aryl methyl sites for hydroxylation is 1. The van der Waals surface area contributed by atoms with Crippen molar-refractivity contribution in [2.45, 2.75) is 52.7 Å². The van der Waals surface area contributed by atoms with Gasteiger partial charge in [0.1, 0.15) is 11.5 Å². The van der Waals surface area contributed by atoms with Crippen molar-refractivity contribution in [1.29, 1.82) is 0 Å². The van der Waals surface area contributed by atoms with Gasteiger partial charge >= 0.3 is 0 Å². The fraction of sp³-hybridized carbons (Fsp3) is 0.407. The van der Waals surface area contributed by atoms with Crippen LogP contribution in [0.2, 0.25) is 0 Å². The van der Waals surface area contributed by atoms with E-state index < -0.39 is 17.7 Å². The molecule has 2 aromatic rings. The summed E-state index contributed by atoms with van der Waals surface area (Å²) < 4.78 is 11.0. The maximum atomic E-state index is 13.1. The second kappa shape index (κ2) is 10.2. The summed E-state index contributed by atoms with van der Waals surface area (Å²) in [5.41, 5.74) is 3.32. The van der Waals surface area contributed by atoms with Crippen molar-refractivity contribution < 1.29 is 24.2 Å². The van der Waals surface area contributed by atoms with E-state index >= 15 is 0 Å². The van der Waals surface area contributed by atoms with E-state index in [4.69, 9.17) is 9.47 Å². The average Bonchev–Trinajstić information content (AvgIpc) is 3.03. The zero-order valence-electron chi connectivity index (χ0n) is 20.2. The molecule has 0 radical (unpaired) electrons. The number of carbonyl (C=O) groups excluding carboxylic acids is 2. The highest BCUT2D eigenvalue weighted by molar-refractivity contribution is 6.46. The van der Waals surface area contributed by atoms with Crippen LogP contribution in [0.1, 0.15) is 61.9 Å². The zero-order chi connectivity index (χ0) is 24.3. The van der Waals surface area contributed by atoms with Gasteiger partial charge in [0, 0.05) is 19.2 Å². The predicted octanol–water partition coefficient (Wildman–Crippen LogP) is 4.97. The minimum absolute atomic E-state index is 0.0167. The average molecular weight is 452 g/mol. The molecule has 0 bridgehead atoms. The molecule has 1 unspecified atom stereocenters. The Balaban J connectivity index is 2.11. The fourth-order valence-corrected chi connectivity index (χ4v) is 4.05. The highest BCUT2D eigenvalue weighted by atomic mass is 16.5. The number of carbonyl (C=O) groups is 2. The monoisotopic (exact) mass is 451 g/mol. The van der Waals surface area contributed by atoms with Crippen molar-refractivity contribution >= 4 is 17.4 Å². The van der Waals surface area contributed by atoms with Crippen molar-refractivity contribution in [2.75, 3.05) is 20.3 Å². The van der Waals surface area contributed by atoms with Crippen LogP contribution in [-0.2, 0) is 14.3 Å². The topological polar surface area (TPSA) is 76.1 Å². The third-order valence-corrected chi connectivity index (χ3v) is 5.81. The number of benzene rings is 2. The number of hydrogen-bond acceptors (Lipinski definition) is 5. The lowest BCUT2D eigenvalue weighted by molar-refractivity contribution is -0.140. The van der Waals surface area contributed by atoms with Crippen LogP contribution in [0.4, 0.5) is 0 Å². The Hall–Kier alpha value is -3.12. The molecule has 6 heteroatoms. The number of aliphatic hydroxyl groups is 1. The van der Waals surface area contributed by atoms with Gasteiger partial charge in [0.15, 0.2) is 0 Å². The maximum Gasteiger partial charge on any atom is 0.295 e. The minimum atomic E-state index is -0.693. The first-order valence-electron chi connectivity index (χ1n) is 11.3. The molecule has 1 atom stereocenters. The van der Waals surface area contributed by atoms with Crippen LogP contribution >= 0.6 is 0 Å². The summed E-state index contributed by atoms with van der Waals surface area (Å²) in [6.07, 6.45) is 0.0167. The number of Topliss-reactive ketones (excluding diaryl/α,β-unsaturated/α-hetero) is 1. The summed E-state index contributed by atoms with van der Waals surface area (Å²) in [5.74, 6) is -0.452. The standard InChI is InChI=1S/C27H33NO5/c1-16(2)19-7-9-20(10-8-19)24-23(26(30)27(31)28(24)13-14-32-6)25(29)21-11-12-22(18(5)15-21)33-17(3)4/h7-12,15-17,24,29H,13-14H2,1-6H3/b25-23-. The molecule has 0 spiro atoms. The lowest BCUT2D eigenvalue weighted by atomic mass is 9.93. The van der Waals surface area contributed by atoms with Gasteiger partial charge in [-0.05, 0) is 61.6 Å². The molecule has 1 aliphatic rings. The summed E-state index contributed by atoms with van der Waals surface area (Å²) in [4.78, 5) is 27.5. The van der Waals surface area contributed by atoms with Gasteiger partial charge < -0.3 is 19.5 Å². The van der Waals surface area contributed by atoms with Crippen molar-refractivity contribution in [3.8, 4) is 5.75 Å². The van der Waals surface area contributed by atoms with Crippen molar-refractivity contribution in [3.63, 3.8) is 0 Å². The molecule has 0 saturated carbocycles. The van der Waals surface area contributed by atoms with Gasteiger partial charge in [-0.3, -0.25) is 9.59 Å². The van der Waals surface area contributed by atoms with Gasteiger partial charge in [0.25, 0.3) is 11.7 Å². The van der Waals surface area contributed by atoms with Crippen LogP contribution < -0.4 is 4.74 Å². The summed E-state index contributed by atoms with van der Waals surface area (Å²) in [7, 11) is 1.55. The number of rotatable bonds is 8. The first-order valence-corrected chi connectivity index (χ1v) is 11.3. The van der Waals surface area contributed by atoms with E-state index in [1.165, 1.54) is 4.90 Å². The second-order valence-corrected chi connectivity index (χ2v) is 8.95. The third kappa shape index (κ3) is 5.11. The Labute approximate surface area is 195 Å². The van der Waals surface area contributed by atoms with Crippen LogP contribution in [0.5, 0.6) is 5.75 Å². The summed E-state index contributed by atoms with van der Waals surface area (Å²) >= 11 is 0. The lowest BCUT2D eigenvalue weighted by Gasteiger charge is -2.25. The molecule has 0 aliphatic carbocycles. The molecule has 3 rings (SSSR count). The highest BCUT2D eigenvalue weighted by Gasteiger charge is 2.45. The summed E-state index contributed by atoms with van der Waals surface area (Å²) in [5, 5.41) is 11.2. The van der Waals surface area contributed by atoms with Crippen molar-refractivity contribution in [1.82, 2.24) is 4.90 Å². The molecular weight excluding hydrogens is 418 g/mol. The quantitative estimate of drug-likeness (QED) is 0.348. The SMILES string of the molecule is COCCN1C(=O)C(=O)/C(=C(\O)c2ccc(OC(C)C)c(C)c2)C1c1ccc(C(C)C)cc1. The van der Waals surface area contributed by atoms with Gasteiger partial charge in [-0.15, -0.1) is 0 Å². The first-order chi connectivity index (χ1) is 15.6. The molecule has 1 fully saturated rings. The minimum Gasteiger partial charge on any atom is -0.507 e. The Kier molecular flexibility index (Phi) is 7.59. The Bertz CT molecular complexity index is 1050. The van der Waals surface area contributed by atoms with E-state index in [1.807, 2.05) is 45.0 Å². The number of likely N-dealkylation sites (tertiary alicyclic amines) is 1. The molecule has 33 heavy (non-hydrogen) atoms. The van der Waals surface area contributed by atoms with Gasteiger partial charge in [-0.25, -0.2) is 0 Å². The molecule has 1 saturated heterocycles. The number of aliphatic hydroxyl groups excluding tert-OH is 1. The van der Waals surface area contributed by atoms with Gasteiger partial charge in [-0.1, -0.05) is 38.1 Å². The van der Waals surface area contributed by atoms with Crippen LogP contribution in [-0.4, -0.2) is 48.1 Å². The number of amides is 1. The summed E-state index contributed by atoms with van der Waals surface area (Å²) in [6, 6.07) is 12.4. The van der Waals surface area contributed by atoms with E-state index in [0.717, 1.165) is 16.7 Å². The Morgan fingerprint density at radius 3 is 2.27 bits per heavy atom. The van der Waals surface area contributed by atoms with Gasteiger partial charge in [-0.2, -0.15) is 0 Å². The van der Waals surface area contributed by atoms with Crippen LogP contribution in [0.3, 0.4) is 0 Å². The summed E-state index contributed by atoms with van der Waals surface area (Å²) in [6.45, 7) is 10.5. The molecule has 2 aromatic carbocycles. The largest absolute Gasteiger partial charge is 0.507 e. The normalized spacial score (nSPS) is 17.9. The molecule has 1 amide bonds. The first kappa shape index (κ1) is 24.5. The molecule has 176 valence electrons. The van der Waals surface area contributed by atoms with E-state index in [0.29, 0.717) is 17.2 Å². The molecule has 1 aliphatic heterocycles. The maximum absolute atomic E-state index is 13.1. The van der Waals surface area contributed by atoms with Crippen molar-refractivity contribution in [2.24, 2.45) is 0 Å². The number of ketones is 1. The Morgan fingerprint density at radius 1 is 1.06 bits per heavy atom. The smallest absolute Gasteiger partial charge is 0.295 e. The van der Waals surface area contributed by atoms with Crippen LogP contribution in [0.25, 0.3) is 5.76 Å². The van der Waals surface area contributed by atoms with E-state index in [2.05, 4.69) is 13.8 Å². The van der Waals surface area contributed by atoms with Crippen LogP contribution in [0, 0.1) is 6.92 Å². The molecule has 6 nitrogen and oxygen atoms in total. The van der Waals surface area contributed by atoms with E-state index in [-0.39, 0.29) is 30.6 Å². The van der Waals surface area contributed by atoms with Crippen LogP contribution in [0.15, 0.2) is 48.0 Å². The molecule has 0 aromatic heterocycles. The lowest BCUT2D eigenvalue weighted by Crippen LogP contribution is -2.32. The fourth-order valence-electron chi connectivity index (χ4n) is 4.05. The van der Waals surface area contributed by atoms with Gasteiger partial charge in [0.05, 0.1) is 24.3 Å². The second-order valence-electron chi connectivity index (χ2n) is 8.95. The number of hydrogen-bond donors (Lipinski definition) is 1. The molecular formula is C27H33NO5. The van der Waals surface area contributed by atoms with E-state index in [1.54, 1.807) is 25.3 Å².